The monoisotopic (exact) mass is 330 g/mol. The van der Waals surface area contributed by atoms with Gasteiger partial charge in [0.25, 0.3) is 0 Å². The quantitative estimate of drug-likeness (QED) is 0.869. The van der Waals surface area contributed by atoms with Crippen molar-refractivity contribution in [3.05, 3.63) is 24.3 Å². The molecular weight excluding hydrogens is 300 g/mol. The number of para-hydroxylation sites is 2. The predicted octanol–water partition coefficient (Wildman–Crippen LogP) is 2.28. The number of benzene rings is 1. The van der Waals surface area contributed by atoms with Crippen LogP contribution in [-0.2, 0) is 4.79 Å². The van der Waals surface area contributed by atoms with E-state index in [0.29, 0.717) is 12.3 Å². The van der Waals surface area contributed by atoms with Crippen molar-refractivity contribution in [1.82, 2.24) is 4.90 Å². The summed E-state index contributed by atoms with van der Waals surface area (Å²) in [6, 6.07) is 8.34. The molecule has 132 valence electrons. The number of rotatable bonds is 5. The van der Waals surface area contributed by atoms with Crippen LogP contribution in [0, 0.1) is 5.92 Å². The molecule has 0 bridgehead atoms. The molecule has 0 spiro atoms. The zero-order valence-corrected chi connectivity index (χ0v) is 14.7. The van der Waals surface area contributed by atoms with Crippen LogP contribution in [0.1, 0.15) is 32.6 Å². The van der Waals surface area contributed by atoms with Gasteiger partial charge in [0, 0.05) is 38.6 Å². The largest absolute Gasteiger partial charge is 0.367 e. The molecule has 1 saturated heterocycles. The number of nitrogens with one attached hydrogen (secondary N) is 1. The Kier molecular flexibility index (Phi) is 5.74. The third kappa shape index (κ3) is 4.08. The lowest BCUT2D eigenvalue weighted by Crippen LogP contribution is -2.46. The van der Waals surface area contributed by atoms with E-state index in [0.717, 1.165) is 63.4 Å². The minimum absolute atomic E-state index is 0.0944. The van der Waals surface area contributed by atoms with E-state index in [1.807, 2.05) is 18.2 Å². The zero-order chi connectivity index (χ0) is 16.9. The first-order valence-electron chi connectivity index (χ1n) is 9.29. The number of carbonyl (C=O) groups excluding carboxylic acids is 1. The summed E-state index contributed by atoms with van der Waals surface area (Å²) in [6.45, 7) is 7.49. The zero-order valence-electron chi connectivity index (χ0n) is 14.7. The Bertz CT molecular complexity index is 554. The molecule has 0 radical (unpaired) electrons. The molecule has 1 aliphatic carbocycles. The summed E-state index contributed by atoms with van der Waals surface area (Å²) in [4.78, 5) is 17.3. The van der Waals surface area contributed by atoms with Crippen molar-refractivity contribution in [2.24, 2.45) is 11.7 Å². The number of anilines is 2. The van der Waals surface area contributed by atoms with E-state index in [-0.39, 0.29) is 11.9 Å². The minimum Gasteiger partial charge on any atom is -0.367 e. The first kappa shape index (κ1) is 17.2. The van der Waals surface area contributed by atoms with E-state index in [1.54, 1.807) is 0 Å². The molecule has 1 heterocycles. The molecule has 3 rings (SSSR count). The molecule has 0 unspecified atom stereocenters. The second-order valence-corrected chi connectivity index (χ2v) is 7.05. The van der Waals surface area contributed by atoms with Gasteiger partial charge in [-0.15, -0.1) is 0 Å². The average molecular weight is 330 g/mol. The molecule has 1 aromatic rings. The van der Waals surface area contributed by atoms with Crippen molar-refractivity contribution in [2.45, 2.75) is 38.6 Å². The molecule has 3 N–H and O–H groups in total. The maximum absolute atomic E-state index is 12.5. The van der Waals surface area contributed by atoms with Gasteiger partial charge in [0.2, 0.25) is 5.91 Å². The van der Waals surface area contributed by atoms with E-state index in [1.165, 1.54) is 0 Å². The second kappa shape index (κ2) is 7.99. The number of hydrogen-bond acceptors (Lipinski definition) is 4. The normalized spacial score (nSPS) is 25.0. The molecule has 5 heteroatoms. The van der Waals surface area contributed by atoms with E-state index in [9.17, 15) is 4.79 Å². The number of carbonyl (C=O) groups is 1. The van der Waals surface area contributed by atoms with Gasteiger partial charge < -0.3 is 20.9 Å². The first-order chi connectivity index (χ1) is 11.7. The highest BCUT2D eigenvalue weighted by molar-refractivity contribution is 5.94. The van der Waals surface area contributed by atoms with Gasteiger partial charge in [-0.3, -0.25) is 4.79 Å². The Morgan fingerprint density at radius 3 is 2.62 bits per heavy atom. The summed E-state index contributed by atoms with van der Waals surface area (Å²) in [6.07, 6.45) is 3.82. The summed E-state index contributed by atoms with van der Waals surface area (Å²) in [5.74, 6) is 0.433. The number of nitrogens with two attached hydrogens (primary N) is 1. The van der Waals surface area contributed by atoms with E-state index in [4.69, 9.17) is 5.73 Å². The average Bonchev–Trinajstić information content (AvgIpc) is 3.00. The van der Waals surface area contributed by atoms with Gasteiger partial charge in [-0.1, -0.05) is 25.5 Å². The molecule has 0 aromatic heterocycles. The van der Waals surface area contributed by atoms with Crippen LogP contribution in [0.15, 0.2) is 24.3 Å². The van der Waals surface area contributed by atoms with E-state index in [2.05, 4.69) is 28.1 Å². The van der Waals surface area contributed by atoms with E-state index < -0.39 is 0 Å². The minimum atomic E-state index is 0.0944. The lowest BCUT2D eigenvalue weighted by molar-refractivity contribution is -0.117. The number of nitrogens with zero attached hydrogens (tertiary/aromatic N) is 2. The Balaban J connectivity index is 1.62. The molecule has 2 aliphatic rings. The second-order valence-electron chi connectivity index (χ2n) is 7.05. The summed E-state index contributed by atoms with van der Waals surface area (Å²) in [5.41, 5.74) is 8.17. The van der Waals surface area contributed by atoms with Crippen LogP contribution in [0.5, 0.6) is 0 Å². The number of likely N-dealkylation sites (N-methyl/N-ethyl adjacent to an activating group) is 1. The van der Waals surface area contributed by atoms with Crippen LogP contribution >= 0.6 is 0 Å². The van der Waals surface area contributed by atoms with Gasteiger partial charge in [-0.05, 0) is 37.4 Å². The number of hydrogen-bond donors (Lipinski definition) is 2. The number of piperazine rings is 1. The molecule has 5 nitrogen and oxygen atoms in total. The topological polar surface area (TPSA) is 61.6 Å². The maximum atomic E-state index is 12.5. The number of amides is 1. The molecule has 2 fully saturated rings. The van der Waals surface area contributed by atoms with Gasteiger partial charge in [0.1, 0.15) is 0 Å². The molecule has 24 heavy (non-hydrogen) atoms. The summed E-state index contributed by atoms with van der Waals surface area (Å²) in [7, 11) is 0. The van der Waals surface area contributed by atoms with E-state index >= 15 is 0 Å². The van der Waals surface area contributed by atoms with Crippen molar-refractivity contribution in [3.8, 4) is 0 Å². The highest BCUT2D eigenvalue weighted by Crippen LogP contribution is 2.29. The van der Waals surface area contributed by atoms with Crippen LogP contribution in [0.3, 0.4) is 0 Å². The molecule has 1 aromatic carbocycles. The van der Waals surface area contributed by atoms with Crippen LogP contribution < -0.4 is 16.0 Å². The summed E-state index contributed by atoms with van der Waals surface area (Å²) < 4.78 is 0. The maximum Gasteiger partial charge on any atom is 0.224 e. The van der Waals surface area contributed by atoms with Gasteiger partial charge in [0.05, 0.1) is 11.4 Å². The van der Waals surface area contributed by atoms with Crippen LogP contribution in [0.25, 0.3) is 0 Å². The van der Waals surface area contributed by atoms with Crippen molar-refractivity contribution in [1.29, 1.82) is 0 Å². The predicted molar refractivity (Wildman–Crippen MR) is 99.3 cm³/mol. The Labute approximate surface area is 145 Å². The van der Waals surface area contributed by atoms with Crippen molar-refractivity contribution < 1.29 is 4.79 Å². The third-order valence-corrected chi connectivity index (χ3v) is 5.50. The molecule has 1 aliphatic heterocycles. The fourth-order valence-corrected chi connectivity index (χ4v) is 3.92. The van der Waals surface area contributed by atoms with Crippen molar-refractivity contribution in [3.63, 3.8) is 0 Å². The van der Waals surface area contributed by atoms with Gasteiger partial charge >= 0.3 is 0 Å². The van der Waals surface area contributed by atoms with Crippen LogP contribution in [-0.4, -0.2) is 49.6 Å². The summed E-state index contributed by atoms with van der Waals surface area (Å²) >= 11 is 0. The molecular formula is C19H30N4O. The van der Waals surface area contributed by atoms with Gasteiger partial charge in [-0.25, -0.2) is 0 Å². The highest BCUT2D eigenvalue weighted by atomic mass is 16.1. The fraction of sp³-hybridized carbons (Fsp3) is 0.632. The van der Waals surface area contributed by atoms with Crippen LogP contribution in [0.2, 0.25) is 0 Å². The lowest BCUT2D eigenvalue weighted by atomic mass is 10.00. The first-order valence-corrected chi connectivity index (χ1v) is 9.29. The SMILES string of the molecule is CCN1CCN(c2ccccc2NC(=O)C[C@@H]2CCC[C@H]2N)CC1. The molecule has 1 saturated carbocycles. The van der Waals surface area contributed by atoms with Gasteiger partial charge in [-0.2, -0.15) is 0 Å². The van der Waals surface area contributed by atoms with Crippen molar-refractivity contribution in [2.75, 3.05) is 42.9 Å². The Morgan fingerprint density at radius 2 is 1.96 bits per heavy atom. The fourth-order valence-electron chi connectivity index (χ4n) is 3.92. The van der Waals surface area contributed by atoms with Crippen LogP contribution in [0.4, 0.5) is 11.4 Å². The van der Waals surface area contributed by atoms with Gasteiger partial charge in [0.15, 0.2) is 0 Å². The Hall–Kier alpha value is -1.59. The lowest BCUT2D eigenvalue weighted by Gasteiger charge is -2.36. The standard InChI is InChI=1S/C19H30N4O/c1-2-22-10-12-23(13-11-22)18-9-4-3-8-17(18)21-19(24)14-15-6-5-7-16(15)20/h3-4,8-9,15-16H,2,5-7,10-14,20H2,1H3,(H,21,24)/t15-,16+/m0/s1. The molecule has 1 amide bonds. The third-order valence-electron chi connectivity index (χ3n) is 5.50. The molecule has 2 atom stereocenters. The highest BCUT2D eigenvalue weighted by Gasteiger charge is 2.26. The Morgan fingerprint density at radius 1 is 1.21 bits per heavy atom. The van der Waals surface area contributed by atoms with Crippen molar-refractivity contribution >= 4 is 17.3 Å². The summed E-state index contributed by atoms with van der Waals surface area (Å²) in [5, 5.41) is 3.13. The smallest absolute Gasteiger partial charge is 0.224 e.